The van der Waals surface area contributed by atoms with Gasteiger partial charge in [-0.05, 0) is 35.1 Å². The Bertz CT molecular complexity index is 1420. The molecule has 1 saturated heterocycles. The van der Waals surface area contributed by atoms with Gasteiger partial charge < -0.3 is 33.5 Å². The van der Waals surface area contributed by atoms with E-state index >= 15 is 0 Å². The number of hydrogen-bond acceptors (Lipinski definition) is 7. The summed E-state index contributed by atoms with van der Waals surface area (Å²) in [6, 6.07) is 40.3. The molecule has 7 atom stereocenters. The molecule has 0 bridgehead atoms. The van der Waals surface area contributed by atoms with Crippen LogP contribution >= 0.6 is 0 Å². The highest BCUT2D eigenvalue weighted by Crippen LogP contribution is 2.34. The second-order valence-electron chi connectivity index (χ2n) is 12.4. The summed E-state index contributed by atoms with van der Waals surface area (Å²) in [5.41, 5.74) is 4.19. The first-order valence-corrected chi connectivity index (χ1v) is 16.8. The van der Waals surface area contributed by atoms with E-state index in [1.165, 1.54) is 0 Å². The Kier molecular flexibility index (Phi) is 12.6. The molecule has 1 N–H and O–H groups in total. The molecule has 7 heteroatoms. The minimum Gasteiger partial charge on any atom is -0.390 e. The molecule has 0 radical (unpaired) electrons. The van der Waals surface area contributed by atoms with Gasteiger partial charge in [0.2, 0.25) is 0 Å². The lowest BCUT2D eigenvalue weighted by Gasteiger charge is -2.47. The monoisotopic (exact) mass is 638 g/mol. The minimum atomic E-state index is -0.806. The maximum absolute atomic E-state index is 10.9. The zero-order chi connectivity index (χ0) is 32.1. The van der Waals surface area contributed by atoms with E-state index in [-0.39, 0.29) is 12.7 Å². The van der Waals surface area contributed by atoms with Crippen LogP contribution in [0.3, 0.4) is 0 Å². The molecule has 0 aromatic heterocycles. The van der Waals surface area contributed by atoms with Crippen LogP contribution in [0.2, 0.25) is 0 Å². The van der Waals surface area contributed by atoms with Gasteiger partial charge in [-0.25, -0.2) is 0 Å². The first-order chi connectivity index (χ1) is 23.2. The van der Waals surface area contributed by atoms with Gasteiger partial charge in [0.05, 0.1) is 45.2 Å². The number of rotatable bonds is 15. The molecule has 1 heterocycles. The summed E-state index contributed by atoms with van der Waals surface area (Å²) in [7, 11) is 0. The van der Waals surface area contributed by atoms with Crippen LogP contribution in [0.5, 0.6) is 0 Å². The Morgan fingerprint density at radius 3 is 1.49 bits per heavy atom. The fourth-order valence-electron chi connectivity index (χ4n) is 6.26. The Balaban J connectivity index is 1.30. The first-order valence-electron chi connectivity index (χ1n) is 16.8. The van der Waals surface area contributed by atoms with E-state index in [1.807, 2.05) is 121 Å². The molecule has 2 fully saturated rings. The molecular formula is C40H46O7. The van der Waals surface area contributed by atoms with E-state index in [1.54, 1.807) is 0 Å². The summed E-state index contributed by atoms with van der Waals surface area (Å²) < 4.78 is 39.9. The van der Waals surface area contributed by atoms with Gasteiger partial charge in [0.1, 0.15) is 24.4 Å². The summed E-state index contributed by atoms with van der Waals surface area (Å²) >= 11 is 0. The predicted octanol–water partition coefficient (Wildman–Crippen LogP) is 7.00. The fourth-order valence-corrected chi connectivity index (χ4v) is 6.26. The molecule has 1 aliphatic heterocycles. The Hall–Kier alpha value is -3.40. The van der Waals surface area contributed by atoms with Crippen molar-refractivity contribution in [1.29, 1.82) is 0 Å². The lowest BCUT2D eigenvalue weighted by Crippen LogP contribution is -2.62. The third-order valence-corrected chi connectivity index (χ3v) is 8.82. The standard InChI is InChI=1S/C40H46O7/c41-34-23-13-14-24-35(34)46-40-39(45-28-33-21-11-4-12-22-33)38(44-27-32-19-9-3-10-20-32)37(43-26-31-17-7-2-8-18-31)36(47-40)29-42-25-30-15-5-1-6-16-30/h1-12,15-22,34-41H,13-14,23-29H2/t34-,35-,36-,37-,38+,39+,40-/m1/s1. The average Bonchev–Trinajstić information content (AvgIpc) is 3.12. The summed E-state index contributed by atoms with van der Waals surface area (Å²) in [4.78, 5) is 0. The van der Waals surface area contributed by atoms with Gasteiger partial charge in [0, 0.05) is 0 Å². The van der Waals surface area contributed by atoms with Crippen molar-refractivity contribution in [1.82, 2.24) is 0 Å². The molecule has 0 unspecified atom stereocenters. The molecule has 0 spiro atoms. The zero-order valence-corrected chi connectivity index (χ0v) is 26.8. The van der Waals surface area contributed by atoms with Crippen LogP contribution in [0.1, 0.15) is 47.9 Å². The van der Waals surface area contributed by atoms with Crippen LogP contribution in [-0.4, -0.2) is 54.6 Å². The molecule has 0 amide bonds. The predicted molar refractivity (Wildman–Crippen MR) is 179 cm³/mol. The highest BCUT2D eigenvalue weighted by molar-refractivity contribution is 5.16. The van der Waals surface area contributed by atoms with Crippen LogP contribution in [0.4, 0.5) is 0 Å². The van der Waals surface area contributed by atoms with E-state index in [0.29, 0.717) is 32.8 Å². The minimum absolute atomic E-state index is 0.262. The van der Waals surface area contributed by atoms with Gasteiger partial charge in [-0.3, -0.25) is 0 Å². The molecule has 4 aromatic carbocycles. The SMILES string of the molecule is O[C@@H]1CCCC[C@H]1O[C@@H]1O[C@H](COCc2ccccc2)[C@@H](OCc2ccccc2)[C@H](OCc2ccccc2)[C@@H]1OCc1ccccc1. The molecule has 1 aliphatic carbocycles. The van der Waals surface area contributed by atoms with E-state index in [9.17, 15) is 5.11 Å². The lowest BCUT2D eigenvalue weighted by molar-refractivity contribution is -0.341. The van der Waals surface area contributed by atoms with Crippen LogP contribution in [0.25, 0.3) is 0 Å². The van der Waals surface area contributed by atoms with Crippen LogP contribution in [-0.2, 0) is 54.8 Å². The maximum Gasteiger partial charge on any atom is 0.187 e. The summed E-state index contributed by atoms with van der Waals surface area (Å²) in [6.45, 7) is 1.76. The third-order valence-electron chi connectivity index (χ3n) is 8.82. The number of hydrogen-bond donors (Lipinski definition) is 1. The number of ether oxygens (including phenoxy) is 6. The Morgan fingerprint density at radius 1 is 0.532 bits per heavy atom. The molecule has 248 valence electrons. The molecule has 1 saturated carbocycles. The second-order valence-corrected chi connectivity index (χ2v) is 12.4. The van der Waals surface area contributed by atoms with Gasteiger partial charge in [-0.1, -0.05) is 134 Å². The van der Waals surface area contributed by atoms with E-state index < -0.39 is 36.8 Å². The van der Waals surface area contributed by atoms with Gasteiger partial charge in [0.25, 0.3) is 0 Å². The van der Waals surface area contributed by atoms with Crippen molar-refractivity contribution in [2.24, 2.45) is 0 Å². The Labute approximate surface area is 278 Å². The van der Waals surface area contributed by atoms with Crippen molar-refractivity contribution in [2.75, 3.05) is 6.61 Å². The summed E-state index contributed by atoms with van der Waals surface area (Å²) in [6.07, 6.45) is -0.565. The van der Waals surface area contributed by atoms with Gasteiger partial charge >= 0.3 is 0 Å². The first kappa shape index (κ1) is 33.5. The molecular weight excluding hydrogens is 592 g/mol. The van der Waals surface area contributed by atoms with Crippen LogP contribution < -0.4 is 0 Å². The second kappa shape index (κ2) is 17.7. The smallest absolute Gasteiger partial charge is 0.187 e. The normalized spacial score (nSPS) is 26.2. The van der Waals surface area contributed by atoms with Gasteiger partial charge in [-0.2, -0.15) is 0 Å². The van der Waals surface area contributed by atoms with Gasteiger partial charge in [-0.15, -0.1) is 0 Å². The average molecular weight is 639 g/mol. The van der Waals surface area contributed by atoms with E-state index in [2.05, 4.69) is 0 Å². The molecule has 7 nitrogen and oxygen atoms in total. The van der Waals surface area contributed by atoms with E-state index in [0.717, 1.165) is 41.5 Å². The molecule has 2 aliphatic rings. The van der Waals surface area contributed by atoms with Crippen molar-refractivity contribution in [3.05, 3.63) is 144 Å². The third kappa shape index (κ3) is 9.81. The van der Waals surface area contributed by atoms with Crippen molar-refractivity contribution in [3.8, 4) is 0 Å². The van der Waals surface area contributed by atoms with Crippen molar-refractivity contribution in [2.45, 2.75) is 95.0 Å². The topological polar surface area (TPSA) is 75.6 Å². The highest BCUT2D eigenvalue weighted by Gasteiger charge is 2.50. The van der Waals surface area contributed by atoms with Crippen molar-refractivity contribution in [3.63, 3.8) is 0 Å². The number of aliphatic hydroxyl groups excluding tert-OH is 1. The van der Waals surface area contributed by atoms with Crippen molar-refractivity contribution >= 4 is 0 Å². The summed E-state index contributed by atoms with van der Waals surface area (Å²) in [5.74, 6) is 0. The zero-order valence-electron chi connectivity index (χ0n) is 26.8. The molecule has 4 aromatic rings. The molecule has 6 rings (SSSR count). The number of aliphatic hydroxyl groups is 1. The van der Waals surface area contributed by atoms with Gasteiger partial charge in [0.15, 0.2) is 6.29 Å². The fraction of sp³-hybridized carbons (Fsp3) is 0.400. The maximum atomic E-state index is 10.9. The quantitative estimate of drug-likeness (QED) is 0.150. The lowest BCUT2D eigenvalue weighted by atomic mass is 9.94. The van der Waals surface area contributed by atoms with E-state index in [4.69, 9.17) is 28.4 Å². The summed E-state index contributed by atoms with van der Waals surface area (Å²) in [5, 5.41) is 10.9. The number of benzene rings is 4. The largest absolute Gasteiger partial charge is 0.390 e. The Morgan fingerprint density at radius 2 is 0.979 bits per heavy atom. The van der Waals surface area contributed by atoms with Crippen molar-refractivity contribution < 1.29 is 33.5 Å². The highest BCUT2D eigenvalue weighted by atomic mass is 16.7. The van der Waals surface area contributed by atoms with Crippen LogP contribution in [0, 0.1) is 0 Å². The van der Waals surface area contributed by atoms with Crippen LogP contribution in [0.15, 0.2) is 121 Å². The molecule has 47 heavy (non-hydrogen) atoms.